The average Bonchev–Trinajstić information content (AvgIpc) is 2.29. The van der Waals surface area contributed by atoms with E-state index in [-0.39, 0.29) is 16.8 Å². The maximum atomic E-state index is 12.9. The largest absolute Gasteiger partial charge is 0.418 e. The molecule has 1 rings (SSSR count). The second-order valence-corrected chi connectivity index (χ2v) is 5.10. The van der Waals surface area contributed by atoms with Crippen LogP contribution in [0.3, 0.4) is 0 Å². The Morgan fingerprint density at radius 1 is 1.25 bits per heavy atom. The summed E-state index contributed by atoms with van der Waals surface area (Å²) in [6, 6.07) is 2.54. The molecule has 0 bridgehead atoms. The van der Waals surface area contributed by atoms with E-state index in [4.69, 9.17) is 11.6 Å². The second-order valence-electron chi connectivity index (χ2n) is 4.69. The third-order valence-corrected chi connectivity index (χ3v) is 2.82. The van der Waals surface area contributed by atoms with Crippen LogP contribution in [0.4, 0.5) is 18.9 Å². The van der Waals surface area contributed by atoms with Gasteiger partial charge in [-0.15, -0.1) is 0 Å². The van der Waals surface area contributed by atoms with Gasteiger partial charge in [0.1, 0.15) is 6.04 Å². The Hall–Kier alpha value is -1.43. The molecule has 0 aliphatic heterocycles. The van der Waals surface area contributed by atoms with Crippen molar-refractivity contribution in [1.29, 1.82) is 0 Å². The Balaban J connectivity index is 3.00. The van der Waals surface area contributed by atoms with Crippen LogP contribution in [0, 0.1) is 0 Å². The van der Waals surface area contributed by atoms with E-state index in [1.165, 1.54) is 19.1 Å². The van der Waals surface area contributed by atoms with Gasteiger partial charge in [-0.25, -0.2) is 0 Å². The highest BCUT2D eigenvalue weighted by Crippen LogP contribution is 2.38. The molecule has 0 fully saturated rings. The molecule has 0 saturated carbocycles. The summed E-state index contributed by atoms with van der Waals surface area (Å²) < 4.78 is 38.7. The van der Waals surface area contributed by atoms with Crippen LogP contribution in [-0.2, 0) is 11.0 Å². The van der Waals surface area contributed by atoms with Gasteiger partial charge in [-0.1, -0.05) is 17.7 Å². The van der Waals surface area contributed by atoms with Crippen LogP contribution in [0.25, 0.3) is 0 Å². The normalized spacial score (nSPS) is 13.2. The smallest absolute Gasteiger partial charge is 0.372 e. The van der Waals surface area contributed by atoms with Crippen molar-refractivity contribution in [3.63, 3.8) is 0 Å². The molecule has 0 aromatic heterocycles. The zero-order valence-corrected chi connectivity index (χ0v) is 12.1. The quantitative estimate of drug-likeness (QED) is 0.891. The van der Waals surface area contributed by atoms with E-state index >= 15 is 0 Å². The lowest BCUT2D eigenvalue weighted by Gasteiger charge is -2.21. The Morgan fingerprint density at radius 2 is 1.85 bits per heavy atom. The standard InChI is InChI=1S/C13H16ClF3N2O/c1-7(2)18-12(20)8(3)19-11-9(13(15,16)17)5-4-6-10(11)14/h4-8,19H,1-3H3,(H,18,20). The van der Waals surface area contributed by atoms with Gasteiger partial charge in [0, 0.05) is 6.04 Å². The van der Waals surface area contributed by atoms with Crippen LogP contribution >= 0.6 is 11.6 Å². The molecular formula is C13H16ClF3N2O. The van der Waals surface area contributed by atoms with Crippen molar-refractivity contribution >= 4 is 23.2 Å². The number of halogens is 4. The molecule has 2 N–H and O–H groups in total. The Bertz CT molecular complexity index is 489. The highest BCUT2D eigenvalue weighted by atomic mass is 35.5. The van der Waals surface area contributed by atoms with Crippen molar-refractivity contribution in [2.75, 3.05) is 5.32 Å². The highest BCUT2D eigenvalue weighted by molar-refractivity contribution is 6.33. The summed E-state index contributed by atoms with van der Waals surface area (Å²) in [5, 5.41) is 5.06. The van der Waals surface area contributed by atoms with Gasteiger partial charge in [0.2, 0.25) is 5.91 Å². The number of para-hydroxylation sites is 1. The Labute approximate surface area is 120 Å². The zero-order valence-electron chi connectivity index (χ0n) is 11.3. The fraction of sp³-hybridized carbons (Fsp3) is 0.462. The summed E-state index contributed by atoms with van der Waals surface area (Å²) in [5.74, 6) is -0.395. The van der Waals surface area contributed by atoms with Gasteiger partial charge in [-0.2, -0.15) is 13.2 Å². The zero-order chi connectivity index (χ0) is 15.5. The molecule has 20 heavy (non-hydrogen) atoms. The molecular weight excluding hydrogens is 293 g/mol. The number of carbonyl (C=O) groups is 1. The van der Waals surface area contributed by atoms with Gasteiger partial charge in [-0.05, 0) is 32.9 Å². The molecule has 0 heterocycles. The molecule has 1 aromatic rings. The number of rotatable bonds is 4. The number of carbonyl (C=O) groups excluding carboxylic acids is 1. The lowest BCUT2D eigenvalue weighted by molar-refractivity contribution is -0.137. The minimum absolute atomic E-state index is 0.0796. The van der Waals surface area contributed by atoms with Crippen LogP contribution in [0.15, 0.2) is 18.2 Å². The molecule has 0 spiro atoms. The van der Waals surface area contributed by atoms with Gasteiger partial charge in [0.05, 0.1) is 16.3 Å². The SMILES string of the molecule is CC(C)NC(=O)C(C)Nc1c(Cl)cccc1C(F)(F)F. The number of hydrogen-bond donors (Lipinski definition) is 2. The first kappa shape index (κ1) is 16.6. The molecule has 0 aliphatic carbocycles. The number of nitrogens with one attached hydrogen (secondary N) is 2. The number of alkyl halides is 3. The fourth-order valence-corrected chi connectivity index (χ4v) is 1.83. The summed E-state index contributed by atoms with van der Waals surface area (Å²) in [6.45, 7) is 5.00. The van der Waals surface area contributed by atoms with Crippen molar-refractivity contribution in [3.05, 3.63) is 28.8 Å². The van der Waals surface area contributed by atoms with Crippen molar-refractivity contribution in [3.8, 4) is 0 Å². The van der Waals surface area contributed by atoms with Gasteiger partial charge in [-0.3, -0.25) is 4.79 Å². The topological polar surface area (TPSA) is 41.1 Å². The molecule has 112 valence electrons. The monoisotopic (exact) mass is 308 g/mol. The summed E-state index contributed by atoms with van der Waals surface area (Å²) in [7, 11) is 0. The molecule has 0 saturated heterocycles. The average molecular weight is 309 g/mol. The van der Waals surface area contributed by atoms with Gasteiger partial charge in [0.25, 0.3) is 0 Å². The lowest BCUT2D eigenvalue weighted by atomic mass is 10.1. The number of amides is 1. The van der Waals surface area contributed by atoms with E-state index in [0.717, 1.165) is 6.07 Å². The van der Waals surface area contributed by atoms with Crippen LogP contribution in [0.5, 0.6) is 0 Å². The van der Waals surface area contributed by atoms with Gasteiger partial charge < -0.3 is 10.6 Å². The molecule has 7 heteroatoms. The van der Waals surface area contributed by atoms with E-state index in [0.29, 0.717) is 0 Å². The van der Waals surface area contributed by atoms with Crippen molar-refractivity contribution in [2.45, 2.75) is 39.0 Å². The first-order valence-corrected chi connectivity index (χ1v) is 6.43. The highest BCUT2D eigenvalue weighted by Gasteiger charge is 2.35. The van der Waals surface area contributed by atoms with Crippen LogP contribution in [0.2, 0.25) is 5.02 Å². The van der Waals surface area contributed by atoms with E-state index in [9.17, 15) is 18.0 Å². The van der Waals surface area contributed by atoms with Gasteiger partial charge in [0.15, 0.2) is 0 Å². The van der Waals surface area contributed by atoms with E-state index in [1.807, 2.05) is 0 Å². The van der Waals surface area contributed by atoms with Crippen molar-refractivity contribution < 1.29 is 18.0 Å². The minimum Gasteiger partial charge on any atom is -0.372 e. The van der Waals surface area contributed by atoms with Crippen molar-refractivity contribution in [2.24, 2.45) is 0 Å². The second kappa shape index (κ2) is 6.35. The van der Waals surface area contributed by atoms with Crippen molar-refractivity contribution in [1.82, 2.24) is 5.32 Å². The molecule has 1 atom stereocenters. The van der Waals surface area contributed by atoms with Crippen LogP contribution < -0.4 is 10.6 Å². The summed E-state index contributed by atoms with van der Waals surface area (Å²) in [6.07, 6.45) is -4.54. The first-order chi connectivity index (χ1) is 9.12. The fourth-order valence-electron chi connectivity index (χ4n) is 1.60. The molecule has 1 unspecified atom stereocenters. The van der Waals surface area contributed by atoms with Gasteiger partial charge >= 0.3 is 6.18 Å². The summed E-state index contributed by atoms with van der Waals surface area (Å²) in [5.41, 5.74) is -1.18. The molecule has 1 amide bonds. The number of anilines is 1. The lowest BCUT2D eigenvalue weighted by Crippen LogP contribution is -2.41. The van der Waals surface area contributed by atoms with E-state index < -0.39 is 23.7 Å². The maximum absolute atomic E-state index is 12.9. The predicted molar refractivity (Wildman–Crippen MR) is 72.8 cm³/mol. The van der Waals surface area contributed by atoms with E-state index in [2.05, 4.69) is 10.6 Å². The Kier molecular flexibility index (Phi) is 5.28. The van der Waals surface area contributed by atoms with Crippen LogP contribution in [0.1, 0.15) is 26.3 Å². The summed E-state index contributed by atoms with van der Waals surface area (Å²) >= 11 is 5.80. The minimum atomic E-state index is -4.54. The number of benzene rings is 1. The van der Waals surface area contributed by atoms with Crippen LogP contribution in [-0.4, -0.2) is 18.0 Å². The summed E-state index contributed by atoms with van der Waals surface area (Å²) in [4.78, 5) is 11.7. The predicted octanol–water partition coefficient (Wildman–Crippen LogP) is 3.68. The first-order valence-electron chi connectivity index (χ1n) is 6.05. The third kappa shape index (κ3) is 4.30. The third-order valence-electron chi connectivity index (χ3n) is 2.50. The molecule has 0 radical (unpaired) electrons. The molecule has 1 aromatic carbocycles. The maximum Gasteiger partial charge on any atom is 0.418 e. The molecule has 3 nitrogen and oxygen atoms in total. The molecule has 0 aliphatic rings. The van der Waals surface area contributed by atoms with E-state index in [1.54, 1.807) is 13.8 Å². The Morgan fingerprint density at radius 3 is 2.35 bits per heavy atom. The number of hydrogen-bond acceptors (Lipinski definition) is 2.